The largest absolute Gasteiger partial charge is 0.325 e. The predicted octanol–water partition coefficient (Wildman–Crippen LogP) is 2.44. The van der Waals surface area contributed by atoms with Gasteiger partial charge in [-0.15, -0.1) is 0 Å². The molecule has 0 spiro atoms. The van der Waals surface area contributed by atoms with Crippen molar-refractivity contribution < 1.29 is 8.78 Å². The topological polar surface area (TPSA) is 38.9 Å². The number of hydrogen-bond acceptors (Lipinski definition) is 2. The Morgan fingerprint density at radius 1 is 1.47 bits per heavy atom. The Morgan fingerprint density at radius 3 is 2.80 bits per heavy atom. The number of hydrogen-bond donors (Lipinski definition) is 1. The summed E-state index contributed by atoms with van der Waals surface area (Å²) < 4.78 is 25.1. The lowest BCUT2D eigenvalue weighted by molar-refractivity contribution is 0.144. The Balaban J connectivity index is 2.06. The van der Waals surface area contributed by atoms with Crippen LogP contribution in [0.4, 0.5) is 8.78 Å². The van der Waals surface area contributed by atoms with Crippen molar-refractivity contribution >= 4 is 0 Å². The second-order valence-corrected chi connectivity index (χ2v) is 4.21. The molecule has 1 saturated carbocycles. The van der Waals surface area contributed by atoms with Gasteiger partial charge in [0.25, 0.3) is 6.43 Å². The Morgan fingerprint density at radius 2 is 2.20 bits per heavy atom. The minimum absolute atomic E-state index is 0.0881. The Labute approximate surface area is 87.5 Å². The third-order valence-corrected chi connectivity index (χ3v) is 2.92. The molecule has 0 radical (unpaired) electrons. The van der Waals surface area contributed by atoms with Gasteiger partial charge in [0.05, 0.1) is 0 Å². The van der Waals surface area contributed by atoms with Crippen molar-refractivity contribution in [3.63, 3.8) is 0 Å². The van der Waals surface area contributed by atoms with E-state index in [0.717, 1.165) is 19.3 Å². The molecule has 2 N–H and O–H groups in total. The average molecular weight is 212 g/mol. The lowest BCUT2D eigenvalue weighted by Crippen LogP contribution is -2.22. The molecular formula is C11H14F2N2. The van der Waals surface area contributed by atoms with E-state index in [1.807, 2.05) is 0 Å². The molecular weight excluding hydrogens is 198 g/mol. The summed E-state index contributed by atoms with van der Waals surface area (Å²) in [7, 11) is 0. The maximum atomic E-state index is 12.6. The smallest absolute Gasteiger partial charge is 0.280 e. The predicted molar refractivity (Wildman–Crippen MR) is 53.7 cm³/mol. The van der Waals surface area contributed by atoms with Gasteiger partial charge in [-0.25, -0.2) is 8.78 Å². The molecule has 2 rings (SSSR count). The van der Waals surface area contributed by atoms with E-state index in [1.54, 1.807) is 12.1 Å². The minimum Gasteiger partial charge on any atom is -0.325 e. The number of alkyl halides is 2. The Bertz CT molecular complexity index is 348. The molecule has 2 nitrogen and oxygen atoms in total. The zero-order valence-corrected chi connectivity index (χ0v) is 8.42. The van der Waals surface area contributed by atoms with Gasteiger partial charge >= 0.3 is 0 Å². The van der Waals surface area contributed by atoms with Crippen LogP contribution in [0.5, 0.6) is 0 Å². The van der Waals surface area contributed by atoms with Crippen LogP contribution in [-0.2, 0) is 6.42 Å². The van der Waals surface area contributed by atoms with Crippen molar-refractivity contribution in [1.82, 2.24) is 4.98 Å². The van der Waals surface area contributed by atoms with Crippen molar-refractivity contribution in [3.05, 3.63) is 29.6 Å². The van der Waals surface area contributed by atoms with Crippen molar-refractivity contribution in [2.75, 3.05) is 0 Å². The molecule has 0 bridgehead atoms. The molecule has 0 unspecified atom stereocenters. The molecule has 1 aromatic rings. The zero-order valence-electron chi connectivity index (χ0n) is 8.42. The SMILES string of the molecule is NC1(CCc2cccnc2C(F)F)CC1. The van der Waals surface area contributed by atoms with Crippen LogP contribution in [0, 0.1) is 0 Å². The summed E-state index contributed by atoms with van der Waals surface area (Å²) in [5, 5.41) is 0. The maximum absolute atomic E-state index is 12.6. The Hall–Kier alpha value is -1.03. The highest BCUT2D eigenvalue weighted by molar-refractivity contribution is 5.22. The van der Waals surface area contributed by atoms with Crippen molar-refractivity contribution in [2.24, 2.45) is 5.73 Å². The fraction of sp³-hybridized carbons (Fsp3) is 0.545. The van der Waals surface area contributed by atoms with Crippen LogP contribution in [0.15, 0.2) is 18.3 Å². The summed E-state index contributed by atoms with van der Waals surface area (Å²) in [6.07, 6.45) is 2.31. The molecule has 0 amide bonds. The van der Waals surface area contributed by atoms with Crippen molar-refractivity contribution in [3.8, 4) is 0 Å². The number of nitrogens with two attached hydrogens (primary N) is 1. The highest BCUT2D eigenvalue weighted by Gasteiger charge is 2.37. The molecule has 0 atom stereocenters. The number of rotatable bonds is 4. The van der Waals surface area contributed by atoms with Gasteiger partial charge in [0.15, 0.2) is 0 Å². The summed E-state index contributed by atoms with van der Waals surface area (Å²) in [4.78, 5) is 3.71. The molecule has 1 aliphatic carbocycles. The first-order valence-electron chi connectivity index (χ1n) is 5.12. The molecule has 0 aromatic carbocycles. The summed E-state index contributed by atoms with van der Waals surface area (Å²) in [5.41, 5.74) is 6.36. The first kappa shape index (κ1) is 10.5. The normalized spacial score (nSPS) is 18.1. The lowest BCUT2D eigenvalue weighted by Gasteiger charge is -2.10. The standard InChI is InChI=1S/C11H14F2N2/c12-10(13)9-8(2-1-7-15-9)3-4-11(14)5-6-11/h1-2,7,10H,3-6,14H2. The van der Waals surface area contributed by atoms with Gasteiger partial charge in [-0.05, 0) is 37.3 Å². The van der Waals surface area contributed by atoms with E-state index in [1.165, 1.54) is 6.20 Å². The number of aryl methyl sites for hydroxylation is 1. The third kappa shape index (κ3) is 2.50. The van der Waals surface area contributed by atoms with E-state index in [0.29, 0.717) is 12.0 Å². The third-order valence-electron chi connectivity index (χ3n) is 2.92. The van der Waals surface area contributed by atoms with Crippen molar-refractivity contribution in [1.29, 1.82) is 0 Å². The van der Waals surface area contributed by atoms with Gasteiger partial charge in [-0.3, -0.25) is 4.98 Å². The number of halogens is 2. The van der Waals surface area contributed by atoms with Gasteiger partial charge in [-0.1, -0.05) is 6.07 Å². The molecule has 4 heteroatoms. The monoisotopic (exact) mass is 212 g/mol. The maximum Gasteiger partial charge on any atom is 0.280 e. The summed E-state index contributed by atoms with van der Waals surface area (Å²) >= 11 is 0. The van der Waals surface area contributed by atoms with E-state index in [4.69, 9.17) is 5.73 Å². The quantitative estimate of drug-likeness (QED) is 0.832. The fourth-order valence-electron chi connectivity index (χ4n) is 1.65. The highest BCUT2D eigenvalue weighted by Crippen LogP contribution is 2.37. The van der Waals surface area contributed by atoms with Crippen LogP contribution in [0.25, 0.3) is 0 Å². The molecule has 82 valence electrons. The molecule has 1 aliphatic rings. The molecule has 0 aliphatic heterocycles. The number of nitrogens with zero attached hydrogens (tertiary/aromatic N) is 1. The molecule has 1 aromatic heterocycles. The van der Waals surface area contributed by atoms with Gasteiger partial charge in [-0.2, -0.15) is 0 Å². The highest BCUT2D eigenvalue weighted by atomic mass is 19.3. The molecule has 1 fully saturated rings. The van der Waals surface area contributed by atoms with Gasteiger partial charge in [0, 0.05) is 11.7 Å². The summed E-state index contributed by atoms with van der Waals surface area (Å²) in [6, 6.07) is 3.40. The Kier molecular flexibility index (Phi) is 2.69. The summed E-state index contributed by atoms with van der Waals surface area (Å²) in [6.45, 7) is 0. The number of pyridine rings is 1. The fourth-order valence-corrected chi connectivity index (χ4v) is 1.65. The van der Waals surface area contributed by atoms with Crippen LogP contribution in [0.2, 0.25) is 0 Å². The average Bonchev–Trinajstić information content (AvgIpc) is 2.95. The zero-order chi connectivity index (χ0) is 10.9. The minimum atomic E-state index is -2.49. The van der Waals surface area contributed by atoms with Gasteiger partial charge in [0.1, 0.15) is 5.69 Å². The van der Waals surface area contributed by atoms with E-state index >= 15 is 0 Å². The lowest BCUT2D eigenvalue weighted by atomic mass is 10.0. The second-order valence-electron chi connectivity index (χ2n) is 4.21. The summed E-state index contributed by atoms with van der Waals surface area (Å²) in [5.74, 6) is 0. The second kappa shape index (κ2) is 3.85. The van der Waals surface area contributed by atoms with Crippen LogP contribution >= 0.6 is 0 Å². The number of aromatic nitrogens is 1. The first-order valence-corrected chi connectivity index (χ1v) is 5.12. The van der Waals surface area contributed by atoms with Crippen LogP contribution < -0.4 is 5.73 Å². The van der Waals surface area contributed by atoms with Crippen LogP contribution in [0.1, 0.15) is 36.9 Å². The van der Waals surface area contributed by atoms with Gasteiger partial charge < -0.3 is 5.73 Å². The molecule has 15 heavy (non-hydrogen) atoms. The molecule has 1 heterocycles. The van der Waals surface area contributed by atoms with Gasteiger partial charge in [0.2, 0.25) is 0 Å². The first-order chi connectivity index (χ1) is 7.11. The van der Waals surface area contributed by atoms with Crippen molar-refractivity contribution in [2.45, 2.75) is 37.6 Å². The van der Waals surface area contributed by atoms with Crippen LogP contribution in [0.3, 0.4) is 0 Å². The van der Waals surface area contributed by atoms with E-state index < -0.39 is 6.43 Å². The van der Waals surface area contributed by atoms with Crippen LogP contribution in [-0.4, -0.2) is 10.5 Å². The van der Waals surface area contributed by atoms with E-state index in [2.05, 4.69) is 4.98 Å². The van der Waals surface area contributed by atoms with E-state index in [-0.39, 0.29) is 11.2 Å². The van der Waals surface area contributed by atoms with E-state index in [9.17, 15) is 8.78 Å². The molecule has 0 saturated heterocycles.